The second-order valence-corrected chi connectivity index (χ2v) is 5.79. The molecule has 0 fully saturated rings. The smallest absolute Gasteiger partial charge is 0.272 e. The minimum Gasteiger partial charge on any atom is -0.496 e. The van der Waals surface area contributed by atoms with Crippen LogP contribution in [0, 0.1) is 6.92 Å². The van der Waals surface area contributed by atoms with Crippen LogP contribution in [0.2, 0.25) is 0 Å². The number of nitrogens with zero attached hydrogens (tertiary/aromatic N) is 1. The van der Waals surface area contributed by atoms with Crippen LogP contribution < -0.4 is 10.1 Å². The highest BCUT2D eigenvalue weighted by molar-refractivity contribution is 9.10. The molecule has 0 spiro atoms. The molecule has 4 nitrogen and oxygen atoms in total. The van der Waals surface area contributed by atoms with Gasteiger partial charge in [0.25, 0.3) is 5.91 Å². The van der Waals surface area contributed by atoms with E-state index in [1.165, 1.54) is 0 Å². The first kappa shape index (κ1) is 15.6. The molecule has 0 saturated carbocycles. The summed E-state index contributed by atoms with van der Waals surface area (Å²) in [6.45, 7) is 4.85. The molecule has 0 saturated heterocycles. The quantitative estimate of drug-likeness (QED) is 0.876. The highest BCUT2D eigenvalue weighted by Crippen LogP contribution is 2.22. The fourth-order valence-corrected chi connectivity index (χ4v) is 2.71. The molecule has 5 heteroatoms. The Morgan fingerprint density at radius 3 is 2.76 bits per heavy atom. The van der Waals surface area contributed by atoms with Crippen molar-refractivity contribution in [3.05, 3.63) is 46.2 Å². The number of anilines is 1. The van der Waals surface area contributed by atoms with Gasteiger partial charge in [-0.2, -0.15) is 0 Å². The molecule has 1 heterocycles. The van der Waals surface area contributed by atoms with Crippen molar-refractivity contribution in [3.63, 3.8) is 0 Å². The van der Waals surface area contributed by atoms with Crippen molar-refractivity contribution in [1.29, 1.82) is 0 Å². The van der Waals surface area contributed by atoms with Crippen molar-refractivity contribution in [2.45, 2.75) is 26.8 Å². The molecule has 1 N–H and O–H groups in total. The number of nitrogens with one attached hydrogen (secondary N) is 1. The van der Waals surface area contributed by atoms with Crippen LogP contribution in [0.25, 0.3) is 0 Å². The number of carbonyl (C=O) groups excluding carboxylic acids is 1. The summed E-state index contributed by atoms with van der Waals surface area (Å²) in [6, 6.07) is 7.43. The number of ether oxygens (including phenoxy) is 1. The first-order valence-electron chi connectivity index (χ1n) is 6.86. The average molecular weight is 351 g/mol. The molecule has 0 atom stereocenters. The van der Waals surface area contributed by atoms with Gasteiger partial charge in [0, 0.05) is 22.9 Å². The molecular formula is C16H19BrN2O2. The van der Waals surface area contributed by atoms with Crippen LogP contribution in [0.15, 0.2) is 34.9 Å². The second-order valence-electron chi connectivity index (χ2n) is 4.88. The average Bonchev–Trinajstić information content (AvgIpc) is 2.80. The molecular weight excluding hydrogens is 332 g/mol. The van der Waals surface area contributed by atoms with Crippen LogP contribution in [0.3, 0.4) is 0 Å². The minimum atomic E-state index is -0.112. The van der Waals surface area contributed by atoms with Crippen molar-refractivity contribution in [1.82, 2.24) is 4.57 Å². The third-order valence-corrected chi connectivity index (χ3v) is 3.65. The van der Waals surface area contributed by atoms with Gasteiger partial charge in [0.05, 0.1) is 7.11 Å². The zero-order chi connectivity index (χ0) is 15.4. The SMILES string of the molecule is CCCn1cc(Br)cc1C(=O)Nc1ccc(OC)c(C)c1. The number of methoxy groups -OCH3 is 1. The van der Waals surface area contributed by atoms with Gasteiger partial charge in [-0.1, -0.05) is 6.92 Å². The van der Waals surface area contributed by atoms with Gasteiger partial charge in [0.2, 0.25) is 0 Å². The van der Waals surface area contributed by atoms with Crippen molar-refractivity contribution in [2.24, 2.45) is 0 Å². The van der Waals surface area contributed by atoms with E-state index >= 15 is 0 Å². The number of benzene rings is 1. The first-order valence-corrected chi connectivity index (χ1v) is 7.66. The molecule has 1 amide bonds. The molecule has 1 aromatic carbocycles. The number of rotatable bonds is 5. The number of carbonyl (C=O) groups is 1. The van der Waals surface area contributed by atoms with E-state index in [1.54, 1.807) is 7.11 Å². The van der Waals surface area contributed by atoms with E-state index in [1.807, 2.05) is 42.0 Å². The van der Waals surface area contributed by atoms with E-state index in [-0.39, 0.29) is 5.91 Å². The monoisotopic (exact) mass is 350 g/mol. The summed E-state index contributed by atoms with van der Waals surface area (Å²) >= 11 is 3.42. The molecule has 0 aliphatic rings. The highest BCUT2D eigenvalue weighted by Gasteiger charge is 2.13. The lowest BCUT2D eigenvalue weighted by molar-refractivity contribution is 0.101. The van der Waals surface area contributed by atoms with Crippen molar-refractivity contribution >= 4 is 27.5 Å². The Bertz CT molecular complexity index is 650. The molecule has 1 aromatic heterocycles. The molecule has 0 bridgehead atoms. The summed E-state index contributed by atoms with van der Waals surface area (Å²) in [5.41, 5.74) is 2.40. The molecule has 2 aromatic rings. The maximum Gasteiger partial charge on any atom is 0.272 e. The maximum atomic E-state index is 12.4. The molecule has 21 heavy (non-hydrogen) atoms. The summed E-state index contributed by atoms with van der Waals surface area (Å²) in [7, 11) is 1.63. The standard InChI is InChI=1S/C16H19BrN2O2/c1-4-7-19-10-12(17)9-14(19)16(20)18-13-5-6-15(21-3)11(2)8-13/h5-6,8-10H,4,7H2,1-3H3,(H,18,20). The van der Waals surface area contributed by atoms with E-state index in [4.69, 9.17) is 4.74 Å². The van der Waals surface area contributed by atoms with Gasteiger partial charge in [-0.15, -0.1) is 0 Å². The summed E-state index contributed by atoms with van der Waals surface area (Å²) in [5, 5.41) is 2.93. The lowest BCUT2D eigenvalue weighted by atomic mass is 10.2. The van der Waals surface area contributed by atoms with Crippen LogP contribution >= 0.6 is 15.9 Å². The van der Waals surface area contributed by atoms with Crippen LogP contribution in [0.5, 0.6) is 5.75 Å². The van der Waals surface area contributed by atoms with E-state index in [0.29, 0.717) is 5.69 Å². The Balaban J connectivity index is 2.19. The molecule has 0 radical (unpaired) electrons. The third-order valence-electron chi connectivity index (χ3n) is 3.21. The van der Waals surface area contributed by atoms with E-state index < -0.39 is 0 Å². The number of halogens is 1. The number of hydrogen-bond donors (Lipinski definition) is 1. The molecule has 112 valence electrons. The zero-order valence-electron chi connectivity index (χ0n) is 12.4. The maximum absolute atomic E-state index is 12.4. The Labute approximate surface area is 133 Å². The Morgan fingerprint density at radius 1 is 1.38 bits per heavy atom. The van der Waals surface area contributed by atoms with Crippen LogP contribution in [-0.2, 0) is 6.54 Å². The molecule has 0 aliphatic carbocycles. The lowest BCUT2D eigenvalue weighted by Crippen LogP contribution is -2.16. The Morgan fingerprint density at radius 2 is 2.14 bits per heavy atom. The van der Waals surface area contributed by atoms with E-state index in [2.05, 4.69) is 28.2 Å². The fourth-order valence-electron chi connectivity index (χ4n) is 2.24. The van der Waals surface area contributed by atoms with Gasteiger partial charge in [-0.3, -0.25) is 4.79 Å². The zero-order valence-corrected chi connectivity index (χ0v) is 14.0. The van der Waals surface area contributed by atoms with Crippen molar-refractivity contribution < 1.29 is 9.53 Å². The highest BCUT2D eigenvalue weighted by atomic mass is 79.9. The number of hydrogen-bond acceptors (Lipinski definition) is 2. The van der Waals surface area contributed by atoms with Gasteiger partial charge in [0.1, 0.15) is 11.4 Å². The summed E-state index contributed by atoms with van der Waals surface area (Å²) in [6.07, 6.45) is 2.90. The van der Waals surface area contributed by atoms with Gasteiger partial charge in [0.15, 0.2) is 0 Å². The molecule has 0 aliphatic heterocycles. The van der Waals surface area contributed by atoms with Crippen LogP contribution in [-0.4, -0.2) is 17.6 Å². The lowest BCUT2D eigenvalue weighted by Gasteiger charge is -2.10. The summed E-state index contributed by atoms with van der Waals surface area (Å²) in [4.78, 5) is 12.4. The van der Waals surface area contributed by atoms with Gasteiger partial charge >= 0.3 is 0 Å². The summed E-state index contributed by atoms with van der Waals surface area (Å²) < 4.78 is 8.08. The topological polar surface area (TPSA) is 43.3 Å². The molecule has 0 unspecified atom stereocenters. The predicted octanol–water partition coefficient (Wildman–Crippen LogP) is 4.23. The molecule has 2 rings (SSSR count). The number of aromatic nitrogens is 1. The first-order chi connectivity index (χ1) is 10.0. The fraction of sp³-hybridized carbons (Fsp3) is 0.312. The van der Waals surface area contributed by atoms with E-state index in [0.717, 1.165) is 34.4 Å². The number of amides is 1. The minimum absolute atomic E-state index is 0.112. The third kappa shape index (κ3) is 3.67. The van der Waals surface area contributed by atoms with Crippen LogP contribution in [0.1, 0.15) is 29.4 Å². The Kier molecular flexibility index (Phi) is 5.07. The van der Waals surface area contributed by atoms with E-state index in [9.17, 15) is 4.79 Å². The largest absolute Gasteiger partial charge is 0.496 e. The number of aryl methyl sites for hydroxylation is 2. The van der Waals surface area contributed by atoms with Gasteiger partial charge in [-0.05, 0) is 59.1 Å². The van der Waals surface area contributed by atoms with Crippen LogP contribution in [0.4, 0.5) is 5.69 Å². The normalized spacial score (nSPS) is 10.5. The van der Waals surface area contributed by atoms with Gasteiger partial charge < -0.3 is 14.6 Å². The second kappa shape index (κ2) is 6.80. The van der Waals surface area contributed by atoms with Gasteiger partial charge in [-0.25, -0.2) is 0 Å². The Hall–Kier alpha value is -1.75. The summed E-state index contributed by atoms with van der Waals surface area (Å²) in [5.74, 6) is 0.698. The van der Waals surface area contributed by atoms with Crippen molar-refractivity contribution in [2.75, 3.05) is 12.4 Å². The predicted molar refractivity (Wildman–Crippen MR) is 88.1 cm³/mol. The van der Waals surface area contributed by atoms with Crippen molar-refractivity contribution in [3.8, 4) is 5.75 Å².